The van der Waals surface area contributed by atoms with Crippen LogP contribution in [0.25, 0.3) is 0 Å². The van der Waals surface area contributed by atoms with Crippen molar-refractivity contribution in [3.8, 4) is 12.3 Å². The zero-order valence-electron chi connectivity index (χ0n) is 12.3. The number of terminal acetylenes is 1. The van der Waals surface area contributed by atoms with Gasteiger partial charge in [0, 0.05) is 19.6 Å². The van der Waals surface area contributed by atoms with Crippen molar-refractivity contribution >= 4 is 0 Å². The van der Waals surface area contributed by atoms with E-state index in [4.69, 9.17) is 20.6 Å². The first-order chi connectivity index (χ1) is 9.41. The SMILES string of the molecule is C#CCCCNCCOCCOCCOCCCC. The van der Waals surface area contributed by atoms with Gasteiger partial charge in [-0.1, -0.05) is 13.3 Å². The Bertz CT molecular complexity index is 204. The number of hydrogen-bond acceptors (Lipinski definition) is 4. The van der Waals surface area contributed by atoms with Crippen LogP contribution in [0.2, 0.25) is 0 Å². The molecule has 0 aromatic carbocycles. The Kier molecular flexibility index (Phi) is 16.9. The molecule has 0 unspecified atom stereocenters. The van der Waals surface area contributed by atoms with Crippen LogP contribution in [0, 0.1) is 12.3 Å². The van der Waals surface area contributed by atoms with E-state index in [2.05, 4.69) is 18.2 Å². The van der Waals surface area contributed by atoms with Gasteiger partial charge in [0.1, 0.15) is 0 Å². The van der Waals surface area contributed by atoms with E-state index in [1.165, 1.54) is 6.42 Å². The molecule has 0 rings (SSSR count). The van der Waals surface area contributed by atoms with Gasteiger partial charge in [-0.3, -0.25) is 0 Å². The van der Waals surface area contributed by atoms with Gasteiger partial charge in [-0.2, -0.15) is 0 Å². The Hall–Kier alpha value is -0.600. The van der Waals surface area contributed by atoms with Crippen LogP contribution in [-0.2, 0) is 14.2 Å². The van der Waals surface area contributed by atoms with Gasteiger partial charge >= 0.3 is 0 Å². The first kappa shape index (κ1) is 18.4. The van der Waals surface area contributed by atoms with E-state index in [9.17, 15) is 0 Å². The smallest absolute Gasteiger partial charge is 0.0701 e. The minimum absolute atomic E-state index is 0.633. The Morgan fingerprint density at radius 3 is 2.11 bits per heavy atom. The maximum atomic E-state index is 5.42. The van der Waals surface area contributed by atoms with E-state index in [-0.39, 0.29) is 0 Å². The molecule has 0 spiro atoms. The van der Waals surface area contributed by atoms with Crippen LogP contribution < -0.4 is 5.32 Å². The van der Waals surface area contributed by atoms with Gasteiger partial charge in [-0.05, 0) is 19.4 Å². The van der Waals surface area contributed by atoms with Gasteiger partial charge in [0.25, 0.3) is 0 Å². The summed E-state index contributed by atoms with van der Waals surface area (Å²) in [5, 5.41) is 3.27. The summed E-state index contributed by atoms with van der Waals surface area (Å²) < 4.78 is 16.2. The fourth-order valence-corrected chi connectivity index (χ4v) is 1.37. The molecule has 0 saturated carbocycles. The lowest BCUT2D eigenvalue weighted by Gasteiger charge is -2.07. The third kappa shape index (κ3) is 17.4. The summed E-state index contributed by atoms with van der Waals surface area (Å²) in [6.07, 6.45) is 9.31. The van der Waals surface area contributed by atoms with E-state index in [0.29, 0.717) is 33.0 Å². The molecule has 0 fully saturated rings. The van der Waals surface area contributed by atoms with E-state index in [0.717, 1.165) is 39.0 Å². The Morgan fingerprint density at radius 2 is 1.47 bits per heavy atom. The fourth-order valence-electron chi connectivity index (χ4n) is 1.37. The van der Waals surface area contributed by atoms with Crippen molar-refractivity contribution in [3.05, 3.63) is 0 Å². The van der Waals surface area contributed by atoms with Crippen LogP contribution in [0.1, 0.15) is 32.6 Å². The molecule has 1 N–H and O–H groups in total. The Labute approximate surface area is 118 Å². The third-order valence-electron chi connectivity index (χ3n) is 2.48. The molecular formula is C15H29NO3. The standard InChI is InChI=1S/C15H29NO3/c1-3-5-7-8-16-9-11-18-13-15-19-14-12-17-10-6-4-2/h1,16H,4-15H2,2H3. The molecule has 0 saturated heterocycles. The molecule has 4 nitrogen and oxygen atoms in total. The Morgan fingerprint density at radius 1 is 0.842 bits per heavy atom. The number of hydrogen-bond donors (Lipinski definition) is 1. The average molecular weight is 271 g/mol. The maximum Gasteiger partial charge on any atom is 0.0701 e. The molecule has 4 heteroatoms. The molecule has 0 atom stereocenters. The van der Waals surface area contributed by atoms with Crippen molar-refractivity contribution in [1.82, 2.24) is 5.32 Å². The molecule has 0 aromatic rings. The van der Waals surface area contributed by atoms with Gasteiger partial charge in [0.2, 0.25) is 0 Å². The lowest BCUT2D eigenvalue weighted by Crippen LogP contribution is -2.21. The zero-order valence-corrected chi connectivity index (χ0v) is 12.3. The first-order valence-electron chi connectivity index (χ1n) is 7.29. The number of rotatable bonds is 15. The van der Waals surface area contributed by atoms with Crippen LogP contribution in [0.5, 0.6) is 0 Å². The molecule has 0 bridgehead atoms. The molecule has 0 heterocycles. The second-order valence-electron chi connectivity index (χ2n) is 4.25. The first-order valence-corrected chi connectivity index (χ1v) is 7.29. The van der Waals surface area contributed by atoms with Gasteiger partial charge in [-0.25, -0.2) is 0 Å². The second-order valence-corrected chi connectivity index (χ2v) is 4.25. The van der Waals surface area contributed by atoms with Crippen LogP contribution in [0.3, 0.4) is 0 Å². The highest BCUT2D eigenvalue weighted by Crippen LogP contribution is 1.88. The summed E-state index contributed by atoms with van der Waals surface area (Å²) in [6, 6.07) is 0. The van der Waals surface area contributed by atoms with Crippen molar-refractivity contribution in [2.75, 3.05) is 52.7 Å². The van der Waals surface area contributed by atoms with Crippen LogP contribution in [-0.4, -0.2) is 52.7 Å². The monoisotopic (exact) mass is 271 g/mol. The minimum Gasteiger partial charge on any atom is -0.379 e. The molecular weight excluding hydrogens is 242 g/mol. The topological polar surface area (TPSA) is 39.7 Å². The van der Waals surface area contributed by atoms with Crippen LogP contribution >= 0.6 is 0 Å². The molecule has 0 aromatic heterocycles. The minimum atomic E-state index is 0.633. The van der Waals surface area contributed by atoms with Crippen LogP contribution in [0.15, 0.2) is 0 Å². The van der Waals surface area contributed by atoms with Gasteiger partial charge in [0.15, 0.2) is 0 Å². The highest BCUT2D eigenvalue weighted by molar-refractivity contribution is 4.83. The van der Waals surface area contributed by atoms with Gasteiger partial charge in [-0.15, -0.1) is 12.3 Å². The van der Waals surface area contributed by atoms with Gasteiger partial charge < -0.3 is 19.5 Å². The van der Waals surface area contributed by atoms with E-state index in [1.807, 2.05) is 0 Å². The Balaban J connectivity index is 2.90. The zero-order chi connectivity index (χ0) is 14.0. The summed E-state index contributed by atoms with van der Waals surface area (Å²) in [5.41, 5.74) is 0. The highest BCUT2D eigenvalue weighted by Gasteiger charge is 1.92. The second kappa shape index (κ2) is 17.4. The summed E-state index contributed by atoms with van der Waals surface area (Å²) in [4.78, 5) is 0. The molecule has 0 aliphatic heterocycles. The predicted molar refractivity (Wildman–Crippen MR) is 78.3 cm³/mol. The number of ether oxygens (including phenoxy) is 3. The van der Waals surface area contributed by atoms with Crippen LogP contribution in [0.4, 0.5) is 0 Å². The lowest BCUT2D eigenvalue weighted by molar-refractivity contribution is 0.0147. The quantitative estimate of drug-likeness (QED) is 0.364. The fraction of sp³-hybridized carbons (Fsp3) is 0.867. The van der Waals surface area contributed by atoms with Crippen molar-refractivity contribution in [2.45, 2.75) is 32.6 Å². The van der Waals surface area contributed by atoms with E-state index in [1.54, 1.807) is 0 Å². The van der Waals surface area contributed by atoms with Crippen molar-refractivity contribution < 1.29 is 14.2 Å². The van der Waals surface area contributed by atoms with Crippen molar-refractivity contribution in [2.24, 2.45) is 0 Å². The largest absolute Gasteiger partial charge is 0.379 e. The van der Waals surface area contributed by atoms with Crippen molar-refractivity contribution in [3.63, 3.8) is 0 Å². The summed E-state index contributed by atoms with van der Waals surface area (Å²) in [6.45, 7) is 8.13. The summed E-state index contributed by atoms with van der Waals surface area (Å²) >= 11 is 0. The predicted octanol–water partition coefficient (Wildman–Crippen LogP) is 1.84. The van der Waals surface area contributed by atoms with E-state index >= 15 is 0 Å². The normalized spacial score (nSPS) is 10.5. The van der Waals surface area contributed by atoms with E-state index < -0.39 is 0 Å². The van der Waals surface area contributed by atoms with Crippen molar-refractivity contribution in [1.29, 1.82) is 0 Å². The molecule has 0 aliphatic rings. The number of nitrogens with one attached hydrogen (secondary N) is 1. The molecule has 112 valence electrons. The molecule has 19 heavy (non-hydrogen) atoms. The third-order valence-corrected chi connectivity index (χ3v) is 2.48. The maximum absolute atomic E-state index is 5.42. The van der Waals surface area contributed by atoms with Gasteiger partial charge in [0.05, 0.1) is 33.0 Å². The summed E-state index contributed by atoms with van der Waals surface area (Å²) in [5.74, 6) is 2.62. The molecule has 0 radical (unpaired) electrons. The summed E-state index contributed by atoms with van der Waals surface area (Å²) in [7, 11) is 0. The average Bonchev–Trinajstić information content (AvgIpc) is 2.43. The lowest BCUT2D eigenvalue weighted by atomic mass is 10.3. The molecule has 0 amide bonds. The number of unbranched alkanes of at least 4 members (excludes halogenated alkanes) is 2. The highest BCUT2D eigenvalue weighted by atomic mass is 16.5. The molecule has 0 aliphatic carbocycles.